The first kappa shape index (κ1) is 16.6. The highest BCUT2D eigenvalue weighted by Gasteiger charge is 2.12. The summed E-state index contributed by atoms with van der Waals surface area (Å²) in [5.74, 6) is 1.60. The molecule has 2 rings (SSSR count). The van der Waals surface area contributed by atoms with Gasteiger partial charge in [-0.25, -0.2) is 0 Å². The molecule has 2 N–H and O–H groups in total. The summed E-state index contributed by atoms with van der Waals surface area (Å²) < 4.78 is 6.19. The summed E-state index contributed by atoms with van der Waals surface area (Å²) in [6.45, 7) is 2.77. The van der Waals surface area contributed by atoms with Crippen LogP contribution < -0.4 is 15.4 Å². The van der Waals surface area contributed by atoms with E-state index in [1.165, 1.54) is 0 Å². The van der Waals surface area contributed by atoms with Crippen molar-refractivity contribution in [3.05, 3.63) is 51.2 Å². The van der Waals surface area contributed by atoms with Crippen LogP contribution in [0.25, 0.3) is 0 Å². The first-order valence-electron chi connectivity index (χ1n) is 6.98. The van der Waals surface area contributed by atoms with Crippen LogP contribution in [0.3, 0.4) is 0 Å². The second kappa shape index (κ2) is 8.06. The van der Waals surface area contributed by atoms with Gasteiger partial charge in [0.25, 0.3) is 0 Å². The summed E-state index contributed by atoms with van der Waals surface area (Å²) in [5, 5.41) is 6.65. The van der Waals surface area contributed by atoms with E-state index in [9.17, 15) is 0 Å². The van der Waals surface area contributed by atoms with Crippen LogP contribution in [0.1, 0.15) is 23.4 Å². The first-order chi connectivity index (χ1) is 10.6. The van der Waals surface area contributed by atoms with Crippen LogP contribution in [0.2, 0.25) is 4.34 Å². The molecule has 4 nitrogen and oxygen atoms in total. The lowest BCUT2D eigenvalue weighted by atomic mass is 10.1. The molecule has 0 bridgehead atoms. The minimum absolute atomic E-state index is 0.0780. The van der Waals surface area contributed by atoms with Crippen LogP contribution in [-0.4, -0.2) is 20.1 Å². The van der Waals surface area contributed by atoms with Crippen molar-refractivity contribution in [2.75, 3.05) is 14.2 Å². The van der Waals surface area contributed by atoms with Gasteiger partial charge in [0.2, 0.25) is 0 Å². The number of rotatable bonds is 5. The number of aliphatic imine (C=N–C) groups is 1. The second-order valence-electron chi connectivity index (χ2n) is 4.74. The van der Waals surface area contributed by atoms with Crippen molar-refractivity contribution in [3.63, 3.8) is 0 Å². The molecule has 118 valence electrons. The predicted octanol–water partition coefficient (Wildman–Crippen LogP) is 3.84. The predicted molar refractivity (Wildman–Crippen MR) is 94.1 cm³/mol. The Bertz CT molecular complexity index is 642. The average Bonchev–Trinajstić information content (AvgIpc) is 2.96. The van der Waals surface area contributed by atoms with Gasteiger partial charge in [-0.15, -0.1) is 11.3 Å². The molecular formula is C16H20ClN3OS. The van der Waals surface area contributed by atoms with Crippen LogP contribution in [0.4, 0.5) is 0 Å². The first-order valence-corrected chi connectivity index (χ1v) is 8.17. The summed E-state index contributed by atoms with van der Waals surface area (Å²) >= 11 is 7.50. The Morgan fingerprint density at radius 1 is 1.32 bits per heavy atom. The van der Waals surface area contributed by atoms with E-state index in [2.05, 4.69) is 22.5 Å². The third kappa shape index (κ3) is 4.39. The third-order valence-electron chi connectivity index (χ3n) is 3.24. The standard InChI is InChI=1S/C16H20ClN3OS/c1-11(13-6-4-5-7-14(13)21-3)20-16(18-2)19-10-12-8-9-15(17)22-12/h4-9,11H,10H2,1-3H3,(H2,18,19,20). The molecule has 0 saturated heterocycles. The quantitative estimate of drug-likeness (QED) is 0.643. The van der Waals surface area contributed by atoms with Crippen molar-refractivity contribution in [1.29, 1.82) is 0 Å². The highest BCUT2D eigenvalue weighted by atomic mass is 35.5. The Balaban J connectivity index is 1.97. The summed E-state index contributed by atoms with van der Waals surface area (Å²) in [4.78, 5) is 5.42. The monoisotopic (exact) mass is 337 g/mol. The topological polar surface area (TPSA) is 45.7 Å². The van der Waals surface area contributed by atoms with E-state index >= 15 is 0 Å². The smallest absolute Gasteiger partial charge is 0.191 e. The number of guanidine groups is 1. The van der Waals surface area contributed by atoms with Crippen molar-refractivity contribution in [3.8, 4) is 5.75 Å². The lowest BCUT2D eigenvalue weighted by Crippen LogP contribution is -2.38. The fourth-order valence-electron chi connectivity index (χ4n) is 2.12. The lowest BCUT2D eigenvalue weighted by molar-refractivity contribution is 0.405. The molecule has 0 fully saturated rings. The zero-order chi connectivity index (χ0) is 15.9. The van der Waals surface area contributed by atoms with E-state index in [4.69, 9.17) is 16.3 Å². The molecular weight excluding hydrogens is 318 g/mol. The van der Waals surface area contributed by atoms with Crippen molar-refractivity contribution in [1.82, 2.24) is 10.6 Å². The van der Waals surface area contributed by atoms with Gasteiger partial charge in [-0.3, -0.25) is 4.99 Å². The number of hydrogen-bond donors (Lipinski definition) is 2. The molecule has 1 unspecified atom stereocenters. The maximum absolute atomic E-state index is 5.94. The van der Waals surface area contributed by atoms with Gasteiger partial charge in [-0.05, 0) is 25.1 Å². The molecule has 0 saturated carbocycles. The van der Waals surface area contributed by atoms with Crippen molar-refractivity contribution >= 4 is 28.9 Å². The summed E-state index contributed by atoms with van der Waals surface area (Å²) in [6, 6.07) is 11.9. The molecule has 2 aromatic rings. The normalized spacial score (nSPS) is 12.8. The largest absolute Gasteiger partial charge is 0.496 e. The summed E-state index contributed by atoms with van der Waals surface area (Å²) in [7, 11) is 3.44. The zero-order valence-corrected chi connectivity index (χ0v) is 14.5. The SMILES string of the molecule is CN=C(NCc1ccc(Cl)s1)NC(C)c1ccccc1OC. The molecule has 1 aromatic carbocycles. The van der Waals surface area contributed by atoms with Crippen molar-refractivity contribution < 1.29 is 4.74 Å². The van der Waals surface area contributed by atoms with Gasteiger partial charge < -0.3 is 15.4 Å². The minimum atomic E-state index is 0.0780. The molecule has 0 amide bonds. The Kier molecular flexibility index (Phi) is 6.10. The molecule has 0 aliphatic heterocycles. The van der Waals surface area contributed by atoms with Gasteiger partial charge in [0.15, 0.2) is 5.96 Å². The molecule has 1 heterocycles. The van der Waals surface area contributed by atoms with Crippen LogP contribution in [-0.2, 0) is 6.54 Å². The van der Waals surface area contributed by atoms with Gasteiger partial charge in [0.1, 0.15) is 5.75 Å². The molecule has 0 aliphatic rings. The second-order valence-corrected chi connectivity index (χ2v) is 6.54. The van der Waals surface area contributed by atoms with E-state index < -0.39 is 0 Å². The van der Waals surface area contributed by atoms with E-state index in [-0.39, 0.29) is 6.04 Å². The van der Waals surface area contributed by atoms with Gasteiger partial charge in [0, 0.05) is 17.5 Å². The van der Waals surface area contributed by atoms with Crippen LogP contribution >= 0.6 is 22.9 Å². The van der Waals surface area contributed by atoms with Gasteiger partial charge in [-0.2, -0.15) is 0 Å². The summed E-state index contributed by atoms with van der Waals surface area (Å²) in [6.07, 6.45) is 0. The van der Waals surface area contributed by atoms with Crippen LogP contribution in [0, 0.1) is 0 Å². The van der Waals surface area contributed by atoms with E-state index in [1.54, 1.807) is 25.5 Å². The summed E-state index contributed by atoms with van der Waals surface area (Å²) in [5.41, 5.74) is 1.09. The molecule has 1 aromatic heterocycles. The number of nitrogens with zero attached hydrogens (tertiary/aromatic N) is 1. The van der Waals surface area contributed by atoms with Crippen molar-refractivity contribution in [2.24, 2.45) is 4.99 Å². The Hall–Kier alpha value is -1.72. The lowest BCUT2D eigenvalue weighted by Gasteiger charge is -2.20. The van der Waals surface area contributed by atoms with Gasteiger partial charge >= 0.3 is 0 Å². The number of ether oxygens (including phenoxy) is 1. The zero-order valence-electron chi connectivity index (χ0n) is 12.9. The number of para-hydroxylation sites is 1. The molecule has 0 aliphatic carbocycles. The Morgan fingerprint density at radius 2 is 2.09 bits per heavy atom. The van der Waals surface area contributed by atoms with Crippen LogP contribution in [0.15, 0.2) is 41.4 Å². The Morgan fingerprint density at radius 3 is 2.73 bits per heavy atom. The molecule has 0 spiro atoms. The van der Waals surface area contributed by atoms with E-state index in [0.29, 0.717) is 6.54 Å². The molecule has 0 radical (unpaired) electrons. The maximum Gasteiger partial charge on any atom is 0.191 e. The fourth-order valence-corrected chi connectivity index (χ4v) is 3.15. The number of nitrogens with one attached hydrogen (secondary N) is 2. The van der Waals surface area contributed by atoms with Gasteiger partial charge in [0.05, 0.1) is 24.0 Å². The Labute approximate surface area is 140 Å². The van der Waals surface area contributed by atoms with Crippen LogP contribution in [0.5, 0.6) is 5.75 Å². The number of hydrogen-bond acceptors (Lipinski definition) is 3. The number of benzene rings is 1. The molecule has 22 heavy (non-hydrogen) atoms. The number of halogens is 1. The average molecular weight is 338 g/mol. The van der Waals surface area contributed by atoms with Crippen molar-refractivity contribution in [2.45, 2.75) is 19.5 Å². The minimum Gasteiger partial charge on any atom is -0.496 e. The maximum atomic E-state index is 5.94. The highest BCUT2D eigenvalue weighted by molar-refractivity contribution is 7.16. The van der Waals surface area contributed by atoms with E-state index in [1.807, 2.05) is 36.4 Å². The number of thiophene rings is 1. The third-order valence-corrected chi connectivity index (χ3v) is 4.47. The van der Waals surface area contributed by atoms with Gasteiger partial charge in [-0.1, -0.05) is 29.8 Å². The highest BCUT2D eigenvalue weighted by Crippen LogP contribution is 2.24. The molecule has 1 atom stereocenters. The number of methoxy groups -OCH3 is 1. The van der Waals surface area contributed by atoms with E-state index in [0.717, 1.165) is 26.5 Å². The molecule has 6 heteroatoms. The fraction of sp³-hybridized carbons (Fsp3) is 0.312.